The van der Waals surface area contributed by atoms with Crippen LogP contribution in [0.3, 0.4) is 0 Å². The first-order chi connectivity index (χ1) is 16.2. The van der Waals surface area contributed by atoms with Gasteiger partial charge in [-0.05, 0) is 61.3 Å². The highest BCUT2D eigenvalue weighted by atomic mass is 16.5. The van der Waals surface area contributed by atoms with Crippen molar-refractivity contribution in [3.8, 4) is 33.9 Å². The second-order valence-corrected chi connectivity index (χ2v) is 8.46. The van der Waals surface area contributed by atoms with Crippen LogP contribution in [-0.2, 0) is 13.6 Å². The number of rotatable bonds is 6. The van der Waals surface area contributed by atoms with Crippen LogP contribution < -0.4 is 10.3 Å². The molecule has 0 amide bonds. The third-order valence-corrected chi connectivity index (χ3v) is 6.07. The zero-order valence-electron chi connectivity index (χ0n) is 18.8. The minimum Gasteiger partial charge on any atom is -0.457 e. The third-order valence-electron chi connectivity index (χ3n) is 6.07. The lowest BCUT2D eigenvalue weighted by molar-refractivity contribution is 0.331. The maximum absolute atomic E-state index is 12.5. The van der Waals surface area contributed by atoms with Crippen LogP contribution in [0, 0.1) is 0 Å². The molecule has 166 valence electrons. The summed E-state index contributed by atoms with van der Waals surface area (Å²) in [5, 5.41) is 4.64. The Hall–Kier alpha value is -3.70. The molecule has 33 heavy (non-hydrogen) atoms. The average molecular weight is 438 g/mol. The van der Waals surface area contributed by atoms with Gasteiger partial charge in [0.15, 0.2) is 0 Å². The second kappa shape index (κ2) is 9.43. The van der Waals surface area contributed by atoms with Gasteiger partial charge in [0.2, 0.25) is 0 Å². The molecule has 1 fully saturated rings. The highest BCUT2D eigenvalue weighted by Crippen LogP contribution is 2.37. The van der Waals surface area contributed by atoms with E-state index < -0.39 is 0 Å². The van der Waals surface area contributed by atoms with Gasteiger partial charge in [-0.15, -0.1) is 0 Å². The number of benzene rings is 3. The summed E-state index contributed by atoms with van der Waals surface area (Å²) in [4.78, 5) is 15.0. The minimum atomic E-state index is -0.142. The summed E-state index contributed by atoms with van der Waals surface area (Å²) >= 11 is 0. The van der Waals surface area contributed by atoms with Crippen molar-refractivity contribution in [2.45, 2.75) is 19.4 Å². The standard InChI is InChI=1S/C28H27N3O2/c1-30-27(32)19-25(22-15-13-21(14-16-22)20-31-17-7-8-18-31)28(29-30)24-11-5-6-12-26(24)33-23-9-3-2-4-10-23/h2-6,9-16,19H,7-8,17-18,20H2,1H3. The molecule has 3 aromatic carbocycles. The van der Waals surface area contributed by atoms with E-state index >= 15 is 0 Å². The molecule has 0 radical (unpaired) electrons. The lowest BCUT2D eigenvalue weighted by Crippen LogP contribution is -2.20. The van der Waals surface area contributed by atoms with Crippen molar-refractivity contribution in [1.82, 2.24) is 14.7 Å². The number of hydrogen-bond acceptors (Lipinski definition) is 4. The van der Waals surface area contributed by atoms with E-state index in [1.54, 1.807) is 13.1 Å². The molecule has 1 aliphatic heterocycles. The molecule has 0 bridgehead atoms. The fourth-order valence-electron chi connectivity index (χ4n) is 4.31. The number of ether oxygens (including phenoxy) is 1. The van der Waals surface area contributed by atoms with Crippen molar-refractivity contribution in [1.29, 1.82) is 0 Å². The van der Waals surface area contributed by atoms with Crippen LogP contribution in [0.15, 0.2) is 89.7 Å². The van der Waals surface area contributed by atoms with Gasteiger partial charge in [-0.25, -0.2) is 4.68 Å². The van der Waals surface area contributed by atoms with E-state index in [4.69, 9.17) is 4.74 Å². The Balaban J connectivity index is 1.53. The molecule has 4 aromatic rings. The highest BCUT2D eigenvalue weighted by molar-refractivity contribution is 5.83. The van der Waals surface area contributed by atoms with Gasteiger partial charge in [0.05, 0.1) is 0 Å². The van der Waals surface area contributed by atoms with Crippen molar-refractivity contribution in [2.24, 2.45) is 7.05 Å². The lowest BCUT2D eigenvalue weighted by Gasteiger charge is -2.16. The van der Waals surface area contributed by atoms with E-state index in [0.717, 1.165) is 34.7 Å². The molecule has 0 N–H and O–H groups in total. The van der Waals surface area contributed by atoms with Gasteiger partial charge in [0.25, 0.3) is 5.56 Å². The van der Waals surface area contributed by atoms with E-state index in [0.29, 0.717) is 5.75 Å². The Bertz CT molecular complexity index is 1290. The topological polar surface area (TPSA) is 47.4 Å². The van der Waals surface area contributed by atoms with Crippen LogP contribution in [0.25, 0.3) is 22.4 Å². The molecule has 0 saturated carbocycles. The monoisotopic (exact) mass is 437 g/mol. The molecule has 2 heterocycles. The maximum Gasteiger partial charge on any atom is 0.267 e. The van der Waals surface area contributed by atoms with Gasteiger partial charge in [-0.2, -0.15) is 5.10 Å². The Morgan fingerprint density at radius 3 is 2.30 bits per heavy atom. The quantitative estimate of drug-likeness (QED) is 0.399. The molecule has 0 spiro atoms. The lowest BCUT2D eigenvalue weighted by atomic mass is 9.98. The van der Waals surface area contributed by atoms with E-state index in [2.05, 4.69) is 34.3 Å². The molecular weight excluding hydrogens is 410 g/mol. The first-order valence-electron chi connectivity index (χ1n) is 11.4. The predicted molar refractivity (Wildman–Crippen MR) is 131 cm³/mol. The number of aromatic nitrogens is 2. The Morgan fingerprint density at radius 1 is 0.848 bits per heavy atom. The van der Waals surface area contributed by atoms with Crippen molar-refractivity contribution in [2.75, 3.05) is 13.1 Å². The fourth-order valence-corrected chi connectivity index (χ4v) is 4.31. The SMILES string of the molecule is Cn1nc(-c2ccccc2Oc2ccccc2)c(-c2ccc(CN3CCCC3)cc2)cc1=O. The molecular formula is C28H27N3O2. The Labute approximate surface area is 193 Å². The summed E-state index contributed by atoms with van der Waals surface area (Å²) in [5.41, 5.74) is 4.47. The molecule has 1 aliphatic rings. The summed E-state index contributed by atoms with van der Waals surface area (Å²) in [5.74, 6) is 1.45. The molecule has 1 aromatic heterocycles. The Kier molecular flexibility index (Phi) is 6.05. The molecule has 0 unspecified atom stereocenters. The maximum atomic E-state index is 12.5. The van der Waals surface area contributed by atoms with Gasteiger partial charge in [-0.1, -0.05) is 54.6 Å². The smallest absolute Gasteiger partial charge is 0.267 e. The number of nitrogens with zero attached hydrogens (tertiary/aromatic N) is 3. The number of likely N-dealkylation sites (tertiary alicyclic amines) is 1. The normalized spacial score (nSPS) is 13.8. The largest absolute Gasteiger partial charge is 0.457 e. The molecule has 0 aliphatic carbocycles. The van der Waals surface area contributed by atoms with E-state index in [1.165, 1.54) is 36.2 Å². The number of para-hydroxylation sites is 2. The van der Waals surface area contributed by atoms with Crippen LogP contribution in [-0.4, -0.2) is 27.8 Å². The number of hydrogen-bond donors (Lipinski definition) is 0. The molecule has 1 saturated heterocycles. The second-order valence-electron chi connectivity index (χ2n) is 8.46. The van der Waals surface area contributed by atoms with Crippen LogP contribution in [0.2, 0.25) is 0 Å². The first-order valence-corrected chi connectivity index (χ1v) is 11.4. The van der Waals surface area contributed by atoms with Crippen LogP contribution in [0.5, 0.6) is 11.5 Å². The average Bonchev–Trinajstić information content (AvgIpc) is 3.35. The Morgan fingerprint density at radius 2 is 1.55 bits per heavy atom. The van der Waals surface area contributed by atoms with Gasteiger partial charge in [0.1, 0.15) is 17.2 Å². The van der Waals surface area contributed by atoms with Gasteiger partial charge < -0.3 is 4.74 Å². The van der Waals surface area contributed by atoms with Crippen molar-refractivity contribution in [3.63, 3.8) is 0 Å². The van der Waals surface area contributed by atoms with Gasteiger partial charge in [0, 0.05) is 30.8 Å². The zero-order chi connectivity index (χ0) is 22.6. The van der Waals surface area contributed by atoms with Gasteiger partial charge in [-0.3, -0.25) is 9.69 Å². The first kappa shape index (κ1) is 21.2. The van der Waals surface area contributed by atoms with Crippen molar-refractivity contribution in [3.05, 3.63) is 101 Å². The highest BCUT2D eigenvalue weighted by Gasteiger charge is 2.17. The molecule has 0 atom stereocenters. The van der Waals surface area contributed by atoms with E-state index in [-0.39, 0.29) is 5.56 Å². The molecule has 5 rings (SSSR count). The van der Waals surface area contributed by atoms with Crippen molar-refractivity contribution >= 4 is 0 Å². The zero-order valence-corrected chi connectivity index (χ0v) is 18.8. The fraction of sp³-hybridized carbons (Fsp3) is 0.214. The van der Waals surface area contributed by atoms with E-state index in [9.17, 15) is 4.79 Å². The minimum absolute atomic E-state index is 0.142. The summed E-state index contributed by atoms with van der Waals surface area (Å²) in [6.07, 6.45) is 2.57. The number of aryl methyl sites for hydroxylation is 1. The predicted octanol–water partition coefficient (Wildman–Crippen LogP) is 5.50. The third kappa shape index (κ3) is 4.73. The van der Waals surface area contributed by atoms with Gasteiger partial charge >= 0.3 is 0 Å². The summed E-state index contributed by atoms with van der Waals surface area (Å²) in [6, 6.07) is 27.6. The van der Waals surface area contributed by atoms with Crippen LogP contribution in [0.1, 0.15) is 18.4 Å². The van der Waals surface area contributed by atoms with Crippen molar-refractivity contribution < 1.29 is 4.74 Å². The summed E-state index contributed by atoms with van der Waals surface area (Å²) in [7, 11) is 1.68. The van der Waals surface area contributed by atoms with Crippen LogP contribution >= 0.6 is 0 Å². The summed E-state index contributed by atoms with van der Waals surface area (Å²) in [6.45, 7) is 3.31. The summed E-state index contributed by atoms with van der Waals surface area (Å²) < 4.78 is 7.56. The molecule has 5 nitrogen and oxygen atoms in total. The van der Waals surface area contributed by atoms with Crippen LogP contribution in [0.4, 0.5) is 0 Å². The molecule has 5 heteroatoms. The van der Waals surface area contributed by atoms with E-state index in [1.807, 2.05) is 54.6 Å².